The highest BCUT2D eigenvalue weighted by Crippen LogP contribution is 2.32. The summed E-state index contributed by atoms with van der Waals surface area (Å²) in [5.41, 5.74) is 2.51. The lowest BCUT2D eigenvalue weighted by Gasteiger charge is -2.13. The zero-order valence-corrected chi connectivity index (χ0v) is 11.0. The molecule has 0 spiro atoms. The van der Waals surface area contributed by atoms with Gasteiger partial charge < -0.3 is 10.1 Å². The molecule has 1 N–H and O–H groups in total. The maximum absolute atomic E-state index is 13.5. The molecule has 0 saturated heterocycles. The van der Waals surface area contributed by atoms with Gasteiger partial charge in [-0.15, -0.1) is 0 Å². The summed E-state index contributed by atoms with van der Waals surface area (Å²) < 4.78 is 18.7. The fourth-order valence-electron chi connectivity index (χ4n) is 1.94. The van der Waals surface area contributed by atoms with Crippen LogP contribution in [0.5, 0.6) is 5.75 Å². The van der Waals surface area contributed by atoms with E-state index in [0.717, 1.165) is 16.8 Å². The van der Waals surface area contributed by atoms with Crippen molar-refractivity contribution < 1.29 is 9.13 Å². The quantitative estimate of drug-likeness (QED) is 0.902. The minimum atomic E-state index is -0.324. The van der Waals surface area contributed by atoms with Gasteiger partial charge in [-0.25, -0.2) is 9.37 Å². The van der Waals surface area contributed by atoms with Crippen molar-refractivity contribution >= 4 is 16.6 Å². The molecule has 18 heavy (non-hydrogen) atoms. The Morgan fingerprint density at radius 1 is 1.28 bits per heavy atom. The molecule has 0 aliphatic carbocycles. The smallest absolute Gasteiger partial charge is 0.148 e. The summed E-state index contributed by atoms with van der Waals surface area (Å²) in [4.78, 5) is 4.56. The number of pyridine rings is 1. The third-order valence-electron chi connectivity index (χ3n) is 2.94. The number of anilines is 1. The molecular formula is C14H17FN2O. The number of nitrogens with one attached hydrogen (secondary N) is 1. The molecule has 3 nitrogen and oxygen atoms in total. The Bertz CT molecular complexity index is 582. The minimum absolute atomic E-state index is 0.302. The van der Waals surface area contributed by atoms with E-state index in [-0.39, 0.29) is 5.82 Å². The van der Waals surface area contributed by atoms with Gasteiger partial charge >= 0.3 is 0 Å². The number of nitrogens with zero attached hydrogens (tertiary/aromatic N) is 1. The highest BCUT2D eigenvalue weighted by molar-refractivity contribution is 5.95. The number of hydrogen-bond acceptors (Lipinski definition) is 3. The van der Waals surface area contributed by atoms with Gasteiger partial charge in [0.25, 0.3) is 0 Å². The topological polar surface area (TPSA) is 34.2 Å². The summed E-state index contributed by atoms with van der Waals surface area (Å²) in [6.07, 6.45) is 0. The molecule has 1 aromatic heterocycles. The van der Waals surface area contributed by atoms with Crippen molar-refractivity contribution in [1.29, 1.82) is 0 Å². The van der Waals surface area contributed by atoms with E-state index in [9.17, 15) is 4.39 Å². The molecular weight excluding hydrogens is 231 g/mol. The van der Waals surface area contributed by atoms with Crippen molar-refractivity contribution in [2.24, 2.45) is 0 Å². The van der Waals surface area contributed by atoms with Crippen LogP contribution in [0.2, 0.25) is 0 Å². The molecule has 0 unspecified atom stereocenters. The van der Waals surface area contributed by atoms with Crippen LogP contribution in [0.15, 0.2) is 18.2 Å². The molecule has 0 saturated carbocycles. The first kappa shape index (κ1) is 12.6. The highest BCUT2D eigenvalue weighted by Gasteiger charge is 2.13. The number of rotatable bonds is 3. The molecule has 2 rings (SSSR count). The summed E-state index contributed by atoms with van der Waals surface area (Å²) in [7, 11) is 3.34. The number of benzene rings is 1. The van der Waals surface area contributed by atoms with Crippen LogP contribution in [0.1, 0.15) is 25.5 Å². The Morgan fingerprint density at radius 3 is 2.56 bits per heavy atom. The Labute approximate surface area is 106 Å². The maximum atomic E-state index is 13.5. The molecule has 2 aromatic rings. The number of fused-ring (bicyclic) bond motifs is 1. The standard InChI is InChI=1S/C14H17FN2O/c1-8(2)11-7-12(16-3)10-5-9(15)6-13(18-4)14(10)17-11/h5-8H,1-4H3,(H,16,17). The van der Waals surface area contributed by atoms with Gasteiger partial charge in [0.1, 0.15) is 17.1 Å². The van der Waals surface area contributed by atoms with Crippen molar-refractivity contribution in [3.05, 3.63) is 29.7 Å². The second kappa shape index (κ2) is 4.80. The van der Waals surface area contributed by atoms with Gasteiger partial charge in [-0.05, 0) is 18.1 Å². The van der Waals surface area contributed by atoms with Crippen molar-refractivity contribution in [1.82, 2.24) is 4.98 Å². The number of aromatic nitrogens is 1. The molecule has 4 heteroatoms. The zero-order valence-electron chi connectivity index (χ0n) is 11.0. The lowest BCUT2D eigenvalue weighted by atomic mass is 10.1. The van der Waals surface area contributed by atoms with Gasteiger partial charge in [0.2, 0.25) is 0 Å². The summed E-state index contributed by atoms with van der Waals surface area (Å²) in [5, 5.41) is 3.82. The van der Waals surface area contributed by atoms with Crippen molar-refractivity contribution in [2.75, 3.05) is 19.5 Å². The zero-order chi connectivity index (χ0) is 13.3. The summed E-state index contributed by atoms with van der Waals surface area (Å²) in [5.74, 6) is 0.440. The molecule has 0 bridgehead atoms. The van der Waals surface area contributed by atoms with E-state index in [1.165, 1.54) is 19.2 Å². The maximum Gasteiger partial charge on any atom is 0.148 e. The van der Waals surface area contributed by atoms with Crippen LogP contribution in [0.25, 0.3) is 10.9 Å². The summed E-state index contributed by atoms with van der Waals surface area (Å²) in [6, 6.07) is 4.78. The van der Waals surface area contributed by atoms with Gasteiger partial charge in [0, 0.05) is 29.9 Å². The minimum Gasteiger partial charge on any atom is -0.494 e. The van der Waals surface area contributed by atoms with Crippen molar-refractivity contribution in [3.63, 3.8) is 0 Å². The normalized spacial score (nSPS) is 11.0. The molecule has 0 atom stereocenters. The average molecular weight is 248 g/mol. The van der Waals surface area contributed by atoms with Crippen LogP contribution in [-0.2, 0) is 0 Å². The molecule has 0 fully saturated rings. The number of ether oxygens (including phenoxy) is 1. The van der Waals surface area contributed by atoms with Crippen LogP contribution < -0.4 is 10.1 Å². The first-order valence-electron chi connectivity index (χ1n) is 5.92. The summed E-state index contributed by atoms with van der Waals surface area (Å²) >= 11 is 0. The highest BCUT2D eigenvalue weighted by atomic mass is 19.1. The second-order valence-corrected chi connectivity index (χ2v) is 4.50. The third kappa shape index (κ3) is 2.10. The largest absolute Gasteiger partial charge is 0.494 e. The van der Waals surface area contributed by atoms with E-state index in [2.05, 4.69) is 24.1 Å². The van der Waals surface area contributed by atoms with E-state index >= 15 is 0 Å². The molecule has 96 valence electrons. The van der Waals surface area contributed by atoms with Gasteiger partial charge in [0.15, 0.2) is 0 Å². The van der Waals surface area contributed by atoms with Crippen LogP contribution in [0.4, 0.5) is 10.1 Å². The molecule has 0 aliphatic heterocycles. The van der Waals surface area contributed by atoms with Crippen molar-refractivity contribution in [2.45, 2.75) is 19.8 Å². The van der Waals surface area contributed by atoms with E-state index in [0.29, 0.717) is 17.2 Å². The Balaban J connectivity index is 2.82. The lowest BCUT2D eigenvalue weighted by Crippen LogP contribution is -2.00. The molecule has 0 radical (unpaired) electrons. The van der Waals surface area contributed by atoms with Gasteiger partial charge in [-0.2, -0.15) is 0 Å². The van der Waals surface area contributed by atoms with Crippen LogP contribution >= 0.6 is 0 Å². The molecule has 0 amide bonds. The number of hydrogen-bond donors (Lipinski definition) is 1. The van der Waals surface area contributed by atoms with Gasteiger partial charge in [-0.3, -0.25) is 0 Å². The second-order valence-electron chi connectivity index (χ2n) is 4.50. The number of methoxy groups -OCH3 is 1. The predicted octanol–water partition coefficient (Wildman–Crippen LogP) is 3.55. The van der Waals surface area contributed by atoms with Gasteiger partial charge in [0.05, 0.1) is 7.11 Å². The summed E-state index contributed by atoms with van der Waals surface area (Å²) in [6.45, 7) is 4.15. The fourth-order valence-corrected chi connectivity index (χ4v) is 1.94. The van der Waals surface area contributed by atoms with E-state index in [1.54, 1.807) is 0 Å². The lowest BCUT2D eigenvalue weighted by molar-refractivity contribution is 0.415. The molecule has 0 aliphatic rings. The average Bonchev–Trinajstić information content (AvgIpc) is 2.36. The van der Waals surface area contributed by atoms with E-state index < -0.39 is 0 Å². The SMILES string of the molecule is CNc1cc(C(C)C)nc2c(OC)cc(F)cc12. The third-order valence-corrected chi connectivity index (χ3v) is 2.94. The molecule has 1 aromatic carbocycles. The van der Waals surface area contributed by atoms with Crippen LogP contribution in [-0.4, -0.2) is 19.1 Å². The number of halogens is 1. The Morgan fingerprint density at radius 2 is 2.00 bits per heavy atom. The first-order chi connectivity index (χ1) is 8.56. The first-order valence-corrected chi connectivity index (χ1v) is 5.92. The fraction of sp³-hybridized carbons (Fsp3) is 0.357. The van der Waals surface area contributed by atoms with Crippen molar-refractivity contribution in [3.8, 4) is 5.75 Å². The van der Waals surface area contributed by atoms with E-state index in [1.807, 2.05) is 13.1 Å². The monoisotopic (exact) mass is 248 g/mol. The Hall–Kier alpha value is -1.84. The van der Waals surface area contributed by atoms with Crippen LogP contribution in [0, 0.1) is 5.82 Å². The van der Waals surface area contributed by atoms with E-state index in [4.69, 9.17) is 4.74 Å². The molecule has 1 heterocycles. The van der Waals surface area contributed by atoms with Gasteiger partial charge in [-0.1, -0.05) is 13.8 Å². The predicted molar refractivity (Wildman–Crippen MR) is 71.9 cm³/mol. The van der Waals surface area contributed by atoms with Crippen LogP contribution in [0.3, 0.4) is 0 Å². The Kier molecular flexibility index (Phi) is 3.36.